The lowest BCUT2D eigenvalue weighted by Gasteiger charge is -2.34. The molecular weight excluding hydrogens is 486 g/mol. The fraction of sp³-hybridized carbons (Fsp3) is 0.367. The van der Waals surface area contributed by atoms with Crippen molar-refractivity contribution in [3.63, 3.8) is 0 Å². The standard InChI is InChI=1S/C28H30BrNO2.C2H6/c1-3-20-14-15-23-24(22(20)4-2)16-26(32-18-19-10-6-5-7-11-19)28(27(23)29)30-25-13-9-8-12-21(25)17-31;1-2/h5-13,16-17,20,22,30H,3-4,14-15,18H2,1-2H3;1-2H3. The zero-order chi connectivity index (χ0) is 24.5. The number of hydrogen-bond acceptors (Lipinski definition) is 3. The minimum Gasteiger partial charge on any atom is -0.487 e. The average Bonchev–Trinajstić information content (AvgIpc) is 2.90. The van der Waals surface area contributed by atoms with E-state index < -0.39 is 0 Å². The number of aldehydes is 1. The number of para-hydroxylation sites is 1. The van der Waals surface area contributed by atoms with Crippen LogP contribution in [0.3, 0.4) is 0 Å². The van der Waals surface area contributed by atoms with Gasteiger partial charge in [-0.2, -0.15) is 0 Å². The second kappa shape index (κ2) is 12.8. The van der Waals surface area contributed by atoms with E-state index in [9.17, 15) is 4.79 Å². The predicted molar refractivity (Wildman–Crippen MR) is 147 cm³/mol. The lowest BCUT2D eigenvalue weighted by Crippen LogP contribution is -2.21. The van der Waals surface area contributed by atoms with Gasteiger partial charge in [-0.3, -0.25) is 4.79 Å². The number of carbonyl (C=O) groups excluding carboxylic acids is 1. The molecule has 2 unspecified atom stereocenters. The summed E-state index contributed by atoms with van der Waals surface area (Å²) in [6, 6.07) is 20.0. The van der Waals surface area contributed by atoms with Crippen LogP contribution in [0.1, 0.15) is 79.9 Å². The number of anilines is 2. The van der Waals surface area contributed by atoms with Crippen LogP contribution in [0.4, 0.5) is 11.4 Å². The maximum absolute atomic E-state index is 11.6. The van der Waals surface area contributed by atoms with E-state index in [2.05, 4.69) is 53.3 Å². The summed E-state index contributed by atoms with van der Waals surface area (Å²) in [5, 5.41) is 3.50. The van der Waals surface area contributed by atoms with Gasteiger partial charge in [-0.1, -0.05) is 76.6 Å². The van der Waals surface area contributed by atoms with Gasteiger partial charge in [0.15, 0.2) is 6.29 Å². The van der Waals surface area contributed by atoms with Crippen molar-refractivity contribution in [2.75, 3.05) is 5.32 Å². The number of rotatable bonds is 8. The highest BCUT2D eigenvalue weighted by Crippen LogP contribution is 2.48. The first-order chi connectivity index (χ1) is 16.7. The quantitative estimate of drug-likeness (QED) is 0.300. The Morgan fingerprint density at radius 2 is 1.74 bits per heavy atom. The topological polar surface area (TPSA) is 38.3 Å². The molecule has 0 saturated heterocycles. The Labute approximate surface area is 213 Å². The van der Waals surface area contributed by atoms with Crippen molar-refractivity contribution in [2.24, 2.45) is 5.92 Å². The minimum atomic E-state index is 0.490. The van der Waals surface area contributed by atoms with Crippen molar-refractivity contribution in [2.45, 2.75) is 65.9 Å². The molecule has 34 heavy (non-hydrogen) atoms. The van der Waals surface area contributed by atoms with Gasteiger partial charge in [0.25, 0.3) is 0 Å². The maximum atomic E-state index is 11.6. The van der Waals surface area contributed by atoms with E-state index in [-0.39, 0.29) is 0 Å². The van der Waals surface area contributed by atoms with Crippen LogP contribution in [0.15, 0.2) is 65.1 Å². The molecule has 0 bridgehead atoms. The molecule has 3 aromatic rings. The second-order valence-electron chi connectivity index (χ2n) is 8.46. The SMILES string of the molecule is CC.CCC1CCc2c(cc(OCc3ccccc3)c(Nc3ccccc3C=O)c2Br)C1CC. The molecule has 0 radical (unpaired) electrons. The monoisotopic (exact) mass is 521 g/mol. The number of benzene rings is 3. The molecule has 4 heteroatoms. The van der Waals surface area contributed by atoms with Gasteiger partial charge in [0.05, 0.1) is 5.69 Å². The zero-order valence-electron chi connectivity index (χ0n) is 20.7. The van der Waals surface area contributed by atoms with Crippen LogP contribution in [0, 0.1) is 5.92 Å². The highest BCUT2D eigenvalue weighted by Gasteiger charge is 2.31. The molecule has 0 aromatic heterocycles. The summed E-state index contributed by atoms with van der Waals surface area (Å²) in [5.74, 6) is 2.06. The summed E-state index contributed by atoms with van der Waals surface area (Å²) in [5.41, 5.74) is 6.18. The summed E-state index contributed by atoms with van der Waals surface area (Å²) in [6.07, 6.45) is 5.46. The van der Waals surface area contributed by atoms with E-state index in [1.807, 2.05) is 56.3 Å². The van der Waals surface area contributed by atoms with E-state index in [1.165, 1.54) is 24.0 Å². The Kier molecular flexibility index (Phi) is 9.76. The van der Waals surface area contributed by atoms with Crippen molar-refractivity contribution in [3.8, 4) is 5.75 Å². The molecule has 0 fully saturated rings. The first kappa shape index (κ1) is 26.0. The van der Waals surface area contributed by atoms with Crippen molar-refractivity contribution in [1.29, 1.82) is 0 Å². The van der Waals surface area contributed by atoms with Gasteiger partial charge < -0.3 is 10.1 Å². The molecule has 0 aliphatic heterocycles. The van der Waals surface area contributed by atoms with Crippen molar-refractivity contribution < 1.29 is 9.53 Å². The number of ether oxygens (including phenoxy) is 1. The Morgan fingerprint density at radius 3 is 2.41 bits per heavy atom. The van der Waals surface area contributed by atoms with Gasteiger partial charge in [0.2, 0.25) is 0 Å². The summed E-state index contributed by atoms with van der Waals surface area (Å²) >= 11 is 3.92. The zero-order valence-corrected chi connectivity index (χ0v) is 22.3. The average molecular weight is 523 g/mol. The van der Waals surface area contributed by atoms with Gasteiger partial charge >= 0.3 is 0 Å². The van der Waals surface area contributed by atoms with E-state index in [4.69, 9.17) is 4.74 Å². The predicted octanol–water partition coefficient (Wildman–Crippen LogP) is 9.08. The summed E-state index contributed by atoms with van der Waals surface area (Å²) in [4.78, 5) is 11.6. The van der Waals surface area contributed by atoms with E-state index in [0.29, 0.717) is 24.0 Å². The van der Waals surface area contributed by atoms with Crippen LogP contribution in [-0.2, 0) is 13.0 Å². The molecular formula is C30H36BrNO2. The molecule has 2 atom stereocenters. The van der Waals surface area contributed by atoms with Gasteiger partial charge in [-0.05, 0) is 81.9 Å². The molecule has 4 rings (SSSR count). The maximum Gasteiger partial charge on any atom is 0.152 e. The van der Waals surface area contributed by atoms with E-state index >= 15 is 0 Å². The number of halogens is 1. The molecule has 180 valence electrons. The van der Waals surface area contributed by atoms with E-state index in [1.54, 1.807) is 0 Å². The number of nitrogens with one attached hydrogen (secondary N) is 1. The number of fused-ring (bicyclic) bond motifs is 1. The van der Waals surface area contributed by atoms with Gasteiger partial charge in [0, 0.05) is 15.7 Å². The van der Waals surface area contributed by atoms with Crippen molar-refractivity contribution in [3.05, 3.63) is 87.4 Å². The smallest absolute Gasteiger partial charge is 0.152 e. The first-order valence-corrected chi connectivity index (χ1v) is 13.3. The lowest BCUT2D eigenvalue weighted by molar-refractivity contribution is 0.112. The van der Waals surface area contributed by atoms with Gasteiger partial charge in [0.1, 0.15) is 12.4 Å². The molecule has 1 aliphatic carbocycles. The molecule has 0 spiro atoms. The molecule has 3 aromatic carbocycles. The molecule has 1 aliphatic rings. The lowest BCUT2D eigenvalue weighted by atomic mass is 9.72. The molecule has 3 nitrogen and oxygen atoms in total. The number of hydrogen-bond donors (Lipinski definition) is 1. The Hall–Kier alpha value is -2.59. The minimum absolute atomic E-state index is 0.490. The Bertz CT molecular complexity index is 1080. The van der Waals surface area contributed by atoms with E-state index in [0.717, 1.165) is 46.3 Å². The summed E-state index contributed by atoms with van der Waals surface area (Å²) in [7, 11) is 0. The largest absolute Gasteiger partial charge is 0.487 e. The molecule has 0 saturated carbocycles. The highest BCUT2D eigenvalue weighted by molar-refractivity contribution is 9.10. The number of carbonyl (C=O) groups is 1. The van der Waals surface area contributed by atoms with Crippen LogP contribution >= 0.6 is 15.9 Å². The fourth-order valence-electron chi connectivity index (χ4n) is 4.91. The fourth-order valence-corrected chi connectivity index (χ4v) is 5.63. The Morgan fingerprint density at radius 1 is 1.03 bits per heavy atom. The highest BCUT2D eigenvalue weighted by atomic mass is 79.9. The molecule has 0 amide bonds. The molecule has 0 heterocycles. The summed E-state index contributed by atoms with van der Waals surface area (Å²) < 4.78 is 7.44. The van der Waals surface area contributed by atoms with Crippen LogP contribution in [0.2, 0.25) is 0 Å². The van der Waals surface area contributed by atoms with Crippen LogP contribution in [0.25, 0.3) is 0 Å². The van der Waals surface area contributed by atoms with Crippen LogP contribution in [-0.4, -0.2) is 6.29 Å². The van der Waals surface area contributed by atoms with Gasteiger partial charge in [-0.25, -0.2) is 0 Å². The third-order valence-corrected chi connectivity index (χ3v) is 7.52. The van der Waals surface area contributed by atoms with Crippen molar-refractivity contribution in [1.82, 2.24) is 0 Å². The van der Waals surface area contributed by atoms with Crippen molar-refractivity contribution >= 4 is 33.6 Å². The normalized spacial score (nSPS) is 16.6. The second-order valence-corrected chi connectivity index (χ2v) is 9.25. The first-order valence-electron chi connectivity index (χ1n) is 12.5. The van der Waals surface area contributed by atoms with Gasteiger partial charge in [-0.15, -0.1) is 0 Å². The third kappa shape index (κ3) is 5.72. The molecule has 1 N–H and O–H groups in total. The van der Waals surface area contributed by atoms with Crippen LogP contribution < -0.4 is 10.1 Å². The van der Waals surface area contributed by atoms with Crippen LogP contribution in [0.5, 0.6) is 5.75 Å². The third-order valence-electron chi connectivity index (χ3n) is 6.65. The Balaban J connectivity index is 0.00000158. The summed E-state index contributed by atoms with van der Waals surface area (Å²) in [6.45, 7) is 9.07.